The van der Waals surface area contributed by atoms with Crippen LogP contribution in [0.1, 0.15) is 30.0 Å². The first kappa shape index (κ1) is 21.9. The Labute approximate surface area is 200 Å². The maximum Gasteiger partial charge on any atom is 0.322 e. The van der Waals surface area contributed by atoms with Gasteiger partial charge in [0.15, 0.2) is 0 Å². The zero-order valence-corrected chi connectivity index (χ0v) is 19.0. The maximum absolute atomic E-state index is 14.1. The maximum atomic E-state index is 14.1. The number of nitrogens with zero attached hydrogens (tertiary/aromatic N) is 3. The third-order valence-corrected chi connectivity index (χ3v) is 5.97. The number of allylic oxidation sites excluding steroid dienone is 1. The lowest BCUT2D eigenvalue weighted by atomic mass is 9.94. The van der Waals surface area contributed by atoms with Crippen molar-refractivity contribution in [1.82, 2.24) is 20.4 Å². The van der Waals surface area contributed by atoms with Gasteiger partial charge in [0.1, 0.15) is 5.82 Å². The van der Waals surface area contributed by atoms with Crippen molar-refractivity contribution in [2.45, 2.75) is 19.5 Å². The molecule has 5 rings (SSSR count). The Morgan fingerprint density at radius 2 is 1.82 bits per heavy atom. The number of aromatic nitrogens is 2. The molecular weight excluding hydrogens is 455 g/mol. The van der Waals surface area contributed by atoms with Crippen molar-refractivity contribution >= 4 is 23.2 Å². The van der Waals surface area contributed by atoms with Crippen LogP contribution in [0.15, 0.2) is 89.1 Å². The van der Waals surface area contributed by atoms with Gasteiger partial charge < -0.3 is 9.84 Å². The number of carbonyl (C=O) groups excluding carboxylic acids is 1. The van der Waals surface area contributed by atoms with Crippen molar-refractivity contribution in [1.29, 1.82) is 0 Å². The molecule has 1 aromatic heterocycles. The summed E-state index contributed by atoms with van der Waals surface area (Å²) in [6.07, 6.45) is 0. The summed E-state index contributed by atoms with van der Waals surface area (Å²) >= 11 is 6.01. The number of halogens is 2. The van der Waals surface area contributed by atoms with Crippen LogP contribution in [0.25, 0.3) is 17.0 Å². The number of hydrogen-bond donors (Lipinski definition) is 1. The molecule has 1 aliphatic rings. The van der Waals surface area contributed by atoms with Crippen LogP contribution in [-0.4, -0.2) is 21.1 Å². The van der Waals surface area contributed by atoms with E-state index in [1.54, 1.807) is 29.2 Å². The summed E-state index contributed by atoms with van der Waals surface area (Å²) in [5.74, 6) is 0.282. The molecule has 2 amide bonds. The molecule has 170 valence electrons. The van der Waals surface area contributed by atoms with Gasteiger partial charge >= 0.3 is 6.03 Å². The van der Waals surface area contributed by atoms with E-state index in [2.05, 4.69) is 15.5 Å². The molecule has 1 N–H and O–H groups in total. The summed E-state index contributed by atoms with van der Waals surface area (Å²) in [5, 5.41) is 7.73. The summed E-state index contributed by atoms with van der Waals surface area (Å²) in [6, 6.07) is 21.9. The molecule has 0 fully saturated rings. The zero-order valence-electron chi connectivity index (χ0n) is 18.2. The molecule has 34 heavy (non-hydrogen) atoms. The van der Waals surface area contributed by atoms with Gasteiger partial charge in [-0.05, 0) is 42.3 Å². The van der Waals surface area contributed by atoms with Gasteiger partial charge in [0.05, 0.1) is 18.2 Å². The van der Waals surface area contributed by atoms with Gasteiger partial charge in [-0.2, -0.15) is 4.98 Å². The fourth-order valence-corrected chi connectivity index (χ4v) is 4.12. The van der Waals surface area contributed by atoms with Gasteiger partial charge in [0.2, 0.25) is 5.82 Å². The van der Waals surface area contributed by atoms with Crippen molar-refractivity contribution in [3.8, 4) is 11.4 Å². The van der Waals surface area contributed by atoms with E-state index in [9.17, 15) is 9.18 Å². The molecule has 0 bridgehead atoms. The number of carbonyl (C=O) groups is 1. The predicted octanol–water partition coefficient (Wildman–Crippen LogP) is 6.23. The molecule has 1 unspecified atom stereocenters. The van der Waals surface area contributed by atoms with Crippen LogP contribution < -0.4 is 5.32 Å². The van der Waals surface area contributed by atoms with Gasteiger partial charge in [-0.1, -0.05) is 71.4 Å². The second kappa shape index (κ2) is 9.11. The average Bonchev–Trinajstić information content (AvgIpc) is 3.33. The molecule has 0 radical (unpaired) electrons. The Morgan fingerprint density at radius 3 is 2.56 bits per heavy atom. The first-order valence-corrected chi connectivity index (χ1v) is 11.1. The molecule has 0 saturated carbocycles. The van der Waals surface area contributed by atoms with E-state index >= 15 is 0 Å². The third kappa shape index (κ3) is 4.30. The predicted molar refractivity (Wildman–Crippen MR) is 127 cm³/mol. The summed E-state index contributed by atoms with van der Waals surface area (Å²) in [4.78, 5) is 19.3. The van der Waals surface area contributed by atoms with E-state index in [4.69, 9.17) is 16.1 Å². The molecule has 8 heteroatoms. The molecular formula is C26H20ClFN4O2. The standard InChI is InChI=1S/C26H20ClFN4O2/c1-16-22(25-30-24(31-34-25)18-6-3-2-4-7-18)23(19-8-5-9-21(28)14-19)29-26(33)32(16)15-17-10-12-20(27)13-11-17/h2-14,23H,15H2,1H3,(H,29,33). The number of urea groups is 1. The van der Waals surface area contributed by atoms with E-state index in [0.29, 0.717) is 34.2 Å². The number of benzene rings is 3. The highest BCUT2D eigenvalue weighted by Gasteiger charge is 2.36. The lowest BCUT2D eigenvalue weighted by molar-refractivity contribution is 0.203. The fourth-order valence-electron chi connectivity index (χ4n) is 3.99. The molecule has 1 aliphatic heterocycles. The molecule has 4 aromatic rings. The SMILES string of the molecule is CC1=C(c2nc(-c3ccccc3)no2)C(c2cccc(F)c2)NC(=O)N1Cc1ccc(Cl)cc1. The Kier molecular flexibility index (Phi) is 5.86. The van der Waals surface area contributed by atoms with Crippen molar-refractivity contribution in [2.75, 3.05) is 0 Å². The van der Waals surface area contributed by atoms with Crippen LogP contribution in [0, 0.1) is 5.82 Å². The van der Waals surface area contributed by atoms with Crippen LogP contribution >= 0.6 is 11.6 Å². The number of nitrogens with one attached hydrogen (secondary N) is 1. The lowest BCUT2D eigenvalue weighted by Crippen LogP contribution is -2.45. The Balaban J connectivity index is 1.60. The lowest BCUT2D eigenvalue weighted by Gasteiger charge is -2.35. The minimum Gasteiger partial charge on any atom is -0.334 e. The van der Waals surface area contributed by atoms with Gasteiger partial charge in [0, 0.05) is 16.3 Å². The van der Waals surface area contributed by atoms with E-state index < -0.39 is 11.9 Å². The number of rotatable bonds is 5. The average molecular weight is 475 g/mol. The number of amides is 2. The first-order valence-electron chi connectivity index (χ1n) is 10.7. The Hall–Kier alpha value is -3.97. The second-order valence-corrected chi connectivity index (χ2v) is 8.37. The van der Waals surface area contributed by atoms with Gasteiger partial charge in [-0.15, -0.1) is 0 Å². The highest BCUT2D eigenvalue weighted by atomic mass is 35.5. The second-order valence-electron chi connectivity index (χ2n) is 7.94. The van der Waals surface area contributed by atoms with Crippen molar-refractivity contribution in [3.63, 3.8) is 0 Å². The summed E-state index contributed by atoms with van der Waals surface area (Å²) in [6.45, 7) is 2.14. The van der Waals surface area contributed by atoms with Gasteiger partial charge in [0.25, 0.3) is 5.89 Å². The van der Waals surface area contributed by atoms with E-state index in [0.717, 1.165) is 11.1 Å². The summed E-state index contributed by atoms with van der Waals surface area (Å²) in [7, 11) is 0. The molecule has 0 saturated heterocycles. The van der Waals surface area contributed by atoms with Crippen molar-refractivity contribution in [2.24, 2.45) is 0 Å². The van der Waals surface area contributed by atoms with E-state index in [1.165, 1.54) is 12.1 Å². The van der Waals surface area contributed by atoms with E-state index in [-0.39, 0.29) is 11.9 Å². The van der Waals surface area contributed by atoms with Crippen LogP contribution in [0.5, 0.6) is 0 Å². The third-order valence-electron chi connectivity index (χ3n) is 5.72. The number of hydrogen-bond acceptors (Lipinski definition) is 4. The van der Waals surface area contributed by atoms with Crippen molar-refractivity contribution in [3.05, 3.63) is 112 Å². The largest absolute Gasteiger partial charge is 0.334 e. The van der Waals surface area contributed by atoms with Crippen LogP contribution in [0.3, 0.4) is 0 Å². The van der Waals surface area contributed by atoms with Crippen LogP contribution in [0.4, 0.5) is 9.18 Å². The highest BCUT2D eigenvalue weighted by molar-refractivity contribution is 6.30. The molecule has 0 spiro atoms. The highest BCUT2D eigenvalue weighted by Crippen LogP contribution is 2.38. The molecule has 1 atom stereocenters. The Bertz CT molecular complexity index is 1370. The van der Waals surface area contributed by atoms with E-state index in [1.807, 2.05) is 49.4 Å². The van der Waals surface area contributed by atoms with Gasteiger partial charge in [-0.25, -0.2) is 9.18 Å². The van der Waals surface area contributed by atoms with Crippen LogP contribution in [-0.2, 0) is 6.54 Å². The normalized spacial score (nSPS) is 16.0. The summed E-state index contributed by atoms with van der Waals surface area (Å²) in [5.41, 5.74) is 3.52. The van der Waals surface area contributed by atoms with Crippen molar-refractivity contribution < 1.29 is 13.7 Å². The fraction of sp³-hybridized carbons (Fsp3) is 0.115. The molecule has 2 heterocycles. The molecule has 6 nitrogen and oxygen atoms in total. The summed E-state index contributed by atoms with van der Waals surface area (Å²) < 4.78 is 19.7. The van der Waals surface area contributed by atoms with Gasteiger partial charge in [-0.3, -0.25) is 4.90 Å². The quantitative estimate of drug-likeness (QED) is 0.372. The topological polar surface area (TPSA) is 71.3 Å². The zero-order chi connectivity index (χ0) is 23.7. The smallest absolute Gasteiger partial charge is 0.322 e. The van der Waals surface area contributed by atoms with Crippen LogP contribution in [0.2, 0.25) is 5.02 Å². The minimum absolute atomic E-state index is 0.256. The Morgan fingerprint density at radius 1 is 1.06 bits per heavy atom. The minimum atomic E-state index is -0.659. The molecule has 3 aromatic carbocycles. The molecule has 0 aliphatic carbocycles. The monoisotopic (exact) mass is 474 g/mol. The first-order chi connectivity index (χ1) is 16.5.